The van der Waals surface area contributed by atoms with Crippen LogP contribution in [0.15, 0.2) is 15.8 Å². The van der Waals surface area contributed by atoms with Crippen LogP contribution in [0.1, 0.15) is 12.0 Å². The Hall–Kier alpha value is -1.56. The van der Waals surface area contributed by atoms with Gasteiger partial charge in [-0.05, 0) is 0 Å². The van der Waals surface area contributed by atoms with Crippen molar-refractivity contribution < 1.29 is 70.9 Å². The third kappa shape index (κ3) is 10.5. The first kappa shape index (κ1) is 29.5. The van der Waals surface area contributed by atoms with Crippen LogP contribution < -0.4 is 11.2 Å². The Morgan fingerprint density at radius 2 is 1.73 bits per heavy atom. The SMILES string of the molecule is COC(=O)Cc1cn([C@@H](O)O[C@@H](CO)COP(=O)(O)OP(=O)(O)OP(=O)(O)O)c(=O)[nH]c1=O. The molecule has 0 bridgehead atoms. The van der Waals surface area contributed by atoms with Crippen molar-refractivity contribution in [2.75, 3.05) is 20.3 Å². The molecule has 0 amide bonds. The molecule has 0 fully saturated rings. The first-order chi connectivity index (χ1) is 15.0. The fourth-order valence-electron chi connectivity index (χ4n) is 1.90. The predicted octanol–water partition coefficient (Wildman–Crippen LogP) is -2.58. The number of rotatable bonds is 13. The van der Waals surface area contributed by atoms with Gasteiger partial charge in [-0.3, -0.25) is 19.1 Å². The Morgan fingerprint density at radius 1 is 1.12 bits per heavy atom. The number of aromatic amines is 1. The van der Waals surface area contributed by atoms with Gasteiger partial charge in [-0.1, -0.05) is 0 Å². The first-order valence-corrected chi connectivity index (χ1v) is 12.6. The lowest BCUT2D eigenvalue weighted by molar-refractivity contribution is -0.201. The molecule has 1 aromatic rings. The zero-order valence-electron chi connectivity index (χ0n) is 16.3. The molecule has 0 aromatic carbocycles. The smallest absolute Gasteiger partial charge is 0.469 e. The van der Waals surface area contributed by atoms with Crippen molar-refractivity contribution in [1.82, 2.24) is 9.55 Å². The fourth-order valence-corrected chi connectivity index (χ4v) is 4.95. The standard InChI is InChI=1S/C11H19N2O17P3/c1-26-8(15)2-6-3-13(10(17)12-9(6)16)11(18)28-7(4-14)5-27-32(22,23)30-33(24,25)29-31(19,20)21/h3,7,11,14,18H,2,4-5H2,1H3,(H,22,23)(H,24,25)(H,12,16,17)(H2,19,20,21)/t7-,11-/m0/s1. The maximum atomic E-state index is 11.9. The van der Waals surface area contributed by atoms with Gasteiger partial charge < -0.3 is 39.3 Å². The fraction of sp³-hybridized carbons (Fsp3) is 0.545. The van der Waals surface area contributed by atoms with Gasteiger partial charge in [0.2, 0.25) is 6.41 Å². The van der Waals surface area contributed by atoms with Crippen molar-refractivity contribution in [3.63, 3.8) is 0 Å². The van der Waals surface area contributed by atoms with Crippen LogP contribution in [-0.4, -0.2) is 71.7 Å². The highest BCUT2D eigenvalue weighted by Crippen LogP contribution is 2.66. The van der Waals surface area contributed by atoms with Crippen LogP contribution in [0.4, 0.5) is 0 Å². The van der Waals surface area contributed by atoms with Gasteiger partial charge in [0, 0.05) is 11.8 Å². The number of methoxy groups -OCH3 is 1. The summed E-state index contributed by atoms with van der Waals surface area (Å²) >= 11 is 0. The highest BCUT2D eigenvalue weighted by Gasteiger charge is 2.41. The van der Waals surface area contributed by atoms with Crippen LogP contribution in [0.5, 0.6) is 0 Å². The molecule has 19 nitrogen and oxygen atoms in total. The third-order valence-corrected chi connectivity index (χ3v) is 7.00. The van der Waals surface area contributed by atoms with Gasteiger partial charge in [-0.2, -0.15) is 8.62 Å². The second kappa shape index (κ2) is 11.7. The van der Waals surface area contributed by atoms with E-state index in [0.29, 0.717) is 4.57 Å². The highest BCUT2D eigenvalue weighted by molar-refractivity contribution is 7.66. The average molecular weight is 544 g/mol. The largest absolute Gasteiger partial charge is 0.490 e. The van der Waals surface area contributed by atoms with E-state index in [1.165, 1.54) is 0 Å². The van der Waals surface area contributed by atoms with Crippen LogP contribution in [0, 0.1) is 0 Å². The lowest BCUT2D eigenvalue weighted by atomic mass is 10.2. The van der Waals surface area contributed by atoms with Crippen molar-refractivity contribution in [2.24, 2.45) is 0 Å². The molecule has 0 spiro atoms. The molecule has 2 unspecified atom stereocenters. The number of aliphatic hydroxyl groups is 2. The van der Waals surface area contributed by atoms with Gasteiger partial charge in [0.1, 0.15) is 6.10 Å². The molecule has 7 N–H and O–H groups in total. The van der Waals surface area contributed by atoms with Gasteiger partial charge in [0.25, 0.3) is 5.56 Å². The number of phosphoric acid groups is 3. The number of carbonyl (C=O) groups is 1. The van der Waals surface area contributed by atoms with Gasteiger partial charge in [0.15, 0.2) is 0 Å². The van der Waals surface area contributed by atoms with Crippen molar-refractivity contribution in [2.45, 2.75) is 18.9 Å². The monoisotopic (exact) mass is 544 g/mol. The molecule has 0 aliphatic heterocycles. The number of aliphatic hydroxyl groups excluding tert-OH is 2. The van der Waals surface area contributed by atoms with Crippen molar-refractivity contribution in [1.29, 1.82) is 0 Å². The van der Waals surface area contributed by atoms with E-state index in [4.69, 9.17) is 19.4 Å². The van der Waals surface area contributed by atoms with Gasteiger partial charge in [-0.15, -0.1) is 0 Å². The Kier molecular flexibility index (Phi) is 10.5. The van der Waals surface area contributed by atoms with E-state index in [-0.39, 0.29) is 5.56 Å². The number of nitrogens with one attached hydrogen (secondary N) is 1. The number of aromatic nitrogens is 2. The molecule has 0 aliphatic rings. The Morgan fingerprint density at radius 3 is 2.24 bits per heavy atom. The molecule has 0 saturated carbocycles. The summed E-state index contributed by atoms with van der Waals surface area (Å²) < 4.78 is 54.2. The number of carbonyl (C=O) groups excluding carboxylic acids is 1. The summed E-state index contributed by atoms with van der Waals surface area (Å²) in [6, 6.07) is 0. The normalized spacial score (nSPS) is 17.5. The second-order valence-electron chi connectivity index (χ2n) is 5.73. The predicted molar refractivity (Wildman–Crippen MR) is 100 cm³/mol. The summed E-state index contributed by atoms with van der Waals surface area (Å²) in [7, 11) is -15.9. The summed E-state index contributed by atoms with van der Waals surface area (Å²) in [5, 5.41) is 19.3. The van der Waals surface area contributed by atoms with E-state index >= 15 is 0 Å². The molecule has 0 aliphatic carbocycles. The quantitative estimate of drug-likeness (QED) is 0.0762. The molecule has 1 heterocycles. The summed E-state index contributed by atoms with van der Waals surface area (Å²) in [6.45, 7) is -2.19. The minimum atomic E-state index is -5.78. The maximum Gasteiger partial charge on any atom is 0.490 e. The molecule has 1 aromatic heterocycles. The van der Waals surface area contributed by atoms with Crippen LogP contribution in [0.3, 0.4) is 0 Å². The zero-order chi connectivity index (χ0) is 25.6. The molecule has 33 heavy (non-hydrogen) atoms. The van der Waals surface area contributed by atoms with E-state index in [1.54, 1.807) is 4.98 Å². The number of hydrogen-bond donors (Lipinski definition) is 7. The van der Waals surface area contributed by atoms with Crippen molar-refractivity contribution >= 4 is 29.4 Å². The van der Waals surface area contributed by atoms with E-state index < -0.39 is 72.8 Å². The molecular formula is C11H19N2O17P3. The number of phosphoric ester groups is 1. The lowest BCUT2D eigenvalue weighted by Gasteiger charge is -2.22. The first-order valence-electron chi connectivity index (χ1n) is 8.12. The Bertz CT molecular complexity index is 1090. The van der Waals surface area contributed by atoms with E-state index in [2.05, 4.69) is 17.9 Å². The van der Waals surface area contributed by atoms with Crippen LogP contribution in [-0.2, 0) is 47.5 Å². The summed E-state index contributed by atoms with van der Waals surface area (Å²) in [5.41, 5.74) is -2.51. The van der Waals surface area contributed by atoms with Crippen LogP contribution >= 0.6 is 23.5 Å². The maximum absolute atomic E-state index is 11.9. The molecule has 190 valence electrons. The Labute approximate surface area is 182 Å². The highest BCUT2D eigenvalue weighted by atomic mass is 31.3. The summed E-state index contributed by atoms with van der Waals surface area (Å²) in [4.78, 5) is 72.0. The Balaban J connectivity index is 2.89. The topological polar surface area (TPSA) is 291 Å². The number of H-pyrrole nitrogens is 1. The van der Waals surface area contributed by atoms with E-state index in [1.807, 2.05) is 0 Å². The molecule has 1 rings (SSSR count). The number of hydrogen-bond acceptors (Lipinski definition) is 13. The lowest BCUT2D eigenvalue weighted by Crippen LogP contribution is -2.37. The average Bonchev–Trinajstić information content (AvgIpc) is 2.63. The number of esters is 1. The van der Waals surface area contributed by atoms with Gasteiger partial charge in [-0.25, -0.2) is 23.1 Å². The zero-order valence-corrected chi connectivity index (χ0v) is 19.0. The van der Waals surface area contributed by atoms with Gasteiger partial charge >= 0.3 is 35.1 Å². The second-order valence-corrected chi connectivity index (χ2v) is 10.1. The van der Waals surface area contributed by atoms with Crippen molar-refractivity contribution in [3.05, 3.63) is 32.6 Å². The number of ether oxygens (including phenoxy) is 2. The van der Waals surface area contributed by atoms with Crippen molar-refractivity contribution in [3.8, 4) is 0 Å². The minimum Gasteiger partial charge on any atom is -0.469 e. The van der Waals surface area contributed by atoms with Gasteiger partial charge in [0.05, 0.1) is 26.7 Å². The molecule has 4 atom stereocenters. The van der Waals surface area contributed by atoms with E-state index in [0.717, 1.165) is 13.3 Å². The number of nitrogens with zero attached hydrogens (tertiary/aromatic N) is 1. The minimum absolute atomic E-state index is 0.321. The molecule has 22 heteroatoms. The molecule has 0 saturated heterocycles. The molecule has 0 radical (unpaired) electrons. The molecular weight excluding hydrogens is 525 g/mol. The third-order valence-electron chi connectivity index (χ3n) is 3.20. The van der Waals surface area contributed by atoms with Crippen LogP contribution in [0.2, 0.25) is 0 Å². The summed E-state index contributed by atoms with van der Waals surface area (Å²) in [5.74, 6) is -0.856. The van der Waals surface area contributed by atoms with Crippen LogP contribution in [0.25, 0.3) is 0 Å². The van der Waals surface area contributed by atoms with E-state index in [9.17, 15) is 43.2 Å². The summed E-state index contributed by atoms with van der Waals surface area (Å²) in [6.07, 6.45) is -3.83.